The van der Waals surface area contributed by atoms with E-state index >= 15 is 0 Å². The summed E-state index contributed by atoms with van der Waals surface area (Å²) in [6, 6.07) is 5.13. The first kappa shape index (κ1) is 16.3. The lowest BCUT2D eigenvalue weighted by atomic mass is 10.0. The summed E-state index contributed by atoms with van der Waals surface area (Å²) in [6.07, 6.45) is 0.914. The summed E-state index contributed by atoms with van der Waals surface area (Å²) in [4.78, 5) is 13.4. The molecule has 1 aliphatic rings. The van der Waals surface area contributed by atoms with Crippen LogP contribution in [0.15, 0.2) is 22.7 Å². The zero-order valence-corrected chi connectivity index (χ0v) is 13.5. The fraction of sp³-hybridized carbons (Fsp3) is 0.533. The molecule has 1 aliphatic heterocycles. The number of carboxylic acids is 1. The quantitative estimate of drug-likeness (QED) is 0.818. The normalized spacial score (nSPS) is 21.9. The van der Waals surface area contributed by atoms with Crippen molar-refractivity contribution in [3.05, 3.63) is 28.2 Å². The van der Waals surface area contributed by atoms with E-state index in [4.69, 9.17) is 4.74 Å². The lowest BCUT2D eigenvalue weighted by Crippen LogP contribution is -2.43. The molecule has 116 valence electrons. The van der Waals surface area contributed by atoms with Crippen molar-refractivity contribution < 1.29 is 19.7 Å². The van der Waals surface area contributed by atoms with Gasteiger partial charge in [0.15, 0.2) is 0 Å². The van der Waals surface area contributed by atoms with Crippen LogP contribution in [0.3, 0.4) is 0 Å². The third-order valence-corrected chi connectivity index (χ3v) is 4.26. The monoisotopic (exact) mass is 357 g/mol. The first-order valence-electron chi connectivity index (χ1n) is 7.05. The number of rotatable bonds is 6. The van der Waals surface area contributed by atoms with Gasteiger partial charge in [0.25, 0.3) is 0 Å². The Morgan fingerprint density at radius 2 is 2.24 bits per heavy atom. The van der Waals surface area contributed by atoms with Gasteiger partial charge in [0.1, 0.15) is 5.75 Å². The number of hydrogen-bond donors (Lipinski definition) is 2. The van der Waals surface area contributed by atoms with E-state index in [1.807, 2.05) is 6.07 Å². The van der Waals surface area contributed by atoms with Crippen LogP contribution >= 0.6 is 15.9 Å². The Labute approximate surface area is 132 Å². The number of aliphatic carboxylic acids is 1. The van der Waals surface area contributed by atoms with Crippen LogP contribution in [0.2, 0.25) is 0 Å². The summed E-state index contributed by atoms with van der Waals surface area (Å²) in [6.45, 7) is 4.01. The van der Waals surface area contributed by atoms with E-state index in [1.165, 1.54) is 0 Å². The second kappa shape index (κ2) is 7.24. The summed E-state index contributed by atoms with van der Waals surface area (Å²) in [5.74, 6) is -1.10. The van der Waals surface area contributed by atoms with Gasteiger partial charge in [0.2, 0.25) is 0 Å². The molecule has 21 heavy (non-hydrogen) atoms. The van der Waals surface area contributed by atoms with Gasteiger partial charge in [-0.2, -0.15) is 0 Å². The van der Waals surface area contributed by atoms with Gasteiger partial charge in [-0.15, -0.1) is 0 Å². The Hall–Kier alpha value is -1.11. The second-order valence-corrected chi connectivity index (χ2v) is 6.21. The van der Waals surface area contributed by atoms with Crippen LogP contribution in [0.1, 0.15) is 18.9 Å². The van der Waals surface area contributed by atoms with E-state index in [9.17, 15) is 15.0 Å². The Morgan fingerprint density at radius 3 is 2.90 bits per heavy atom. The summed E-state index contributed by atoms with van der Waals surface area (Å²) in [5.41, 5.74) is 0.786. The average Bonchev–Trinajstić information content (AvgIpc) is 2.91. The molecule has 1 heterocycles. The van der Waals surface area contributed by atoms with E-state index in [0.717, 1.165) is 23.0 Å². The number of halogens is 1. The van der Waals surface area contributed by atoms with Gasteiger partial charge in [-0.3, -0.25) is 9.69 Å². The molecule has 0 aromatic heterocycles. The number of phenols is 1. The maximum atomic E-state index is 11.3. The van der Waals surface area contributed by atoms with Crippen LogP contribution in [0, 0.1) is 5.92 Å². The third-order valence-electron chi connectivity index (χ3n) is 3.76. The average molecular weight is 358 g/mol. The standard InChI is InChI=1S/C15H20BrNO4/c1-2-5-17(13-9-21-8-12(13)15(19)20)7-10-6-11(16)3-4-14(10)18/h3-4,6,12-13,18H,2,5,7-9H2,1H3,(H,19,20). The molecule has 1 aromatic carbocycles. The maximum absolute atomic E-state index is 11.3. The smallest absolute Gasteiger partial charge is 0.310 e. The van der Waals surface area contributed by atoms with E-state index in [-0.39, 0.29) is 18.4 Å². The number of carboxylic acid groups (broad SMARTS) is 1. The molecule has 0 amide bonds. The molecule has 2 unspecified atom stereocenters. The van der Waals surface area contributed by atoms with E-state index in [0.29, 0.717) is 13.2 Å². The van der Waals surface area contributed by atoms with Gasteiger partial charge in [-0.1, -0.05) is 22.9 Å². The van der Waals surface area contributed by atoms with Crippen molar-refractivity contribution in [1.29, 1.82) is 0 Å². The minimum absolute atomic E-state index is 0.152. The lowest BCUT2D eigenvalue weighted by molar-refractivity contribution is -0.143. The first-order valence-corrected chi connectivity index (χ1v) is 7.84. The Bertz CT molecular complexity index is 508. The highest BCUT2D eigenvalue weighted by Crippen LogP contribution is 2.27. The highest BCUT2D eigenvalue weighted by atomic mass is 79.9. The van der Waals surface area contributed by atoms with Crippen molar-refractivity contribution in [1.82, 2.24) is 4.90 Å². The summed E-state index contributed by atoms with van der Waals surface area (Å²) in [5, 5.41) is 19.3. The molecule has 0 spiro atoms. The second-order valence-electron chi connectivity index (χ2n) is 5.29. The minimum atomic E-state index is -0.822. The molecule has 2 rings (SSSR count). The molecule has 0 aliphatic carbocycles. The fourth-order valence-electron chi connectivity index (χ4n) is 2.69. The number of hydrogen-bond acceptors (Lipinski definition) is 4. The van der Waals surface area contributed by atoms with E-state index in [2.05, 4.69) is 27.8 Å². The van der Waals surface area contributed by atoms with Crippen molar-refractivity contribution in [3.8, 4) is 5.75 Å². The highest BCUT2D eigenvalue weighted by Gasteiger charge is 2.37. The molecule has 1 aromatic rings. The molecular formula is C15H20BrNO4. The molecule has 0 bridgehead atoms. The first-order chi connectivity index (χ1) is 10.0. The molecular weight excluding hydrogens is 338 g/mol. The molecule has 5 nitrogen and oxygen atoms in total. The molecule has 0 saturated carbocycles. The van der Waals surface area contributed by atoms with Gasteiger partial charge in [0, 0.05) is 22.6 Å². The maximum Gasteiger partial charge on any atom is 0.310 e. The molecule has 1 saturated heterocycles. The molecule has 6 heteroatoms. The predicted molar refractivity (Wildman–Crippen MR) is 82.2 cm³/mol. The van der Waals surface area contributed by atoms with E-state index in [1.54, 1.807) is 12.1 Å². The van der Waals surface area contributed by atoms with Gasteiger partial charge in [-0.25, -0.2) is 0 Å². The van der Waals surface area contributed by atoms with Crippen molar-refractivity contribution in [2.24, 2.45) is 5.92 Å². The lowest BCUT2D eigenvalue weighted by Gasteiger charge is -2.30. The Balaban J connectivity index is 2.18. The van der Waals surface area contributed by atoms with Crippen molar-refractivity contribution >= 4 is 21.9 Å². The van der Waals surface area contributed by atoms with Crippen molar-refractivity contribution in [2.75, 3.05) is 19.8 Å². The fourth-order valence-corrected chi connectivity index (χ4v) is 3.10. The number of phenolic OH excluding ortho intramolecular Hbond substituents is 1. The van der Waals surface area contributed by atoms with Crippen LogP contribution < -0.4 is 0 Å². The number of ether oxygens (including phenoxy) is 1. The van der Waals surface area contributed by atoms with Crippen molar-refractivity contribution in [2.45, 2.75) is 25.9 Å². The Morgan fingerprint density at radius 1 is 1.48 bits per heavy atom. The Kier molecular flexibility index (Phi) is 5.61. The van der Waals surface area contributed by atoms with Crippen LogP contribution in [0.25, 0.3) is 0 Å². The largest absolute Gasteiger partial charge is 0.508 e. The number of benzene rings is 1. The number of carbonyl (C=O) groups is 1. The number of aromatic hydroxyl groups is 1. The third kappa shape index (κ3) is 3.96. The predicted octanol–water partition coefficient (Wildman–Crippen LogP) is 2.47. The highest BCUT2D eigenvalue weighted by molar-refractivity contribution is 9.10. The van der Waals surface area contributed by atoms with Crippen LogP contribution in [-0.2, 0) is 16.1 Å². The van der Waals surface area contributed by atoms with Gasteiger partial charge in [0.05, 0.1) is 19.1 Å². The summed E-state index contributed by atoms with van der Waals surface area (Å²) in [7, 11) is 0. The molecule has 1 fully saturated rings. The van der Waals surface area contributed by atoms with Gasteiger partial charge in [-0.05, 0) is 31.2 Å². The van der Waals surface area contributed by atoms with Crippen molar-refractivity contribution in [3.63, 3.8) is 0 Å². The topological polar surface area (TPSA) is 70.0 Å². The molecule has 0 radical (unpaired) electrons. The minimum Gasteiger partial charge on any atom is -0.508 e. The van der Waals surface area contributed by atoms with Crippen LogP contribution in [0.5, 0.6) is 5.75 Å². The zero-order chi connectivity index (χ0) is 15.4. The summed E-state index contributed by atoms with van der Waals surface area (Å²) >= 11 is 3.40. The van der Waals surface area contributed by atoms with Crippen LogP contribution in [0.4, 0.5) is 0 Å². The van der Waals surface area contributed by atoms with Gasteiger partial charge < -0.3 is 14.9 Å². The zero-order valence-electron chi connectivity index (χ0n) is 12.0. The van der Waals surface area contributed by atoms with Gasteiger partial charge >= 0.3 is 5.97 Å². The summed E-state index contributed by atoms with van der Waals surface area (Å²) < 4.78 is 6.25. The molecule has 2 N–H and O–H groups in total. The van der Waals surface area contributed by atoms with Crippen LogP contribution in [-0.4, -0.2) is 46.9 Å². The SMILES string of the molecule is CCCN(Cc1cc(Br)ccc1O)C1COCC1C(=O)O. The van der Waals surface area contributed by atoms with E-state index < -0.39 is 11.9 Å². The number of nitrogens with zero attached hydrogens (tertiary/aromatic N) is 1. The molecule has 2 atom stereocenters.